The average molecular weight is 672 g/mol. The second-order valence-corrected chi connectivity index (χ2v) is 12.7. The molecule has 0 radical (unpaired) electrons. The van der Waals surface area contributed by atoms with Crippen LogP contribution < -0.4 is 15.4 Å². The Morgan fingerprint density at radius 2 is 1.84 bits per heavy atom. The molecule has 5 rings (SSSR count). The molecule has 2 heterocycles. The van der Waals surface area contributed by atoms with Gasteiger partial charge in [-0.1, -0.05) is 43.7 Å². The van der Waals surface area contributed by atoms with Gasteiger partial charge in [-0.25, -0.2) is 0 Å². The predicted octanol–water partition coefficient (Wildman–Crippen LogP) is 6.24. The third-order valence-corrected chi connectivity index (χ3v) is 8.58. The molecule has 6 N–H and O–H groups in total. The summed E-state index contributed by atoms with van der Waals surface area (Å²) in [6.07, 6.45) is 13.9. The third kappa shape index (κ3) is 11.7. The third-order valence-electron chi connectivity index (χ3n) is 8.58. The number of fused-ring (bicyclic) bond motifs is 1. The quantitative estimate of drug-likeness (QED) is 0.0755. The molecular formula is C38H49N5O6. The summed E-state index contributed by atoms with van der Waals surface area (Å²) in [5.74, 6) is 0.0388. The lowest BCUT2D eigenvalue weighted by molar-refractivity contribution is -0.137. The Morgan fingerprint density at radius 3 is 2.51 bits per heavy atom. The van der Waals surface area contributed by atoms with Gasteiger partial charge in [-0.15, -0.1) is 0 Å². The average Bonchev–Trinajstić information content (AvgIpc) is 3.76. The number of rotatable bonds is 16. The van der Waals surface area contributed by atoms with E-state index in [1.807, 2.05) is 24.4 Å². The number of benzene rings is 2. The number of aromatic amines is 1. The molecule has 0 spiro atoms. The van der Waals surface area contributed by atoms with Crippen molar-refractivity contribution in [3.05, 3.63) is 95.9 Å². The Balaban J connectivity index is 0.000000603. The van der Waals surface area contributed by atoms with E-state index in [0.29, 0.717) is 12.5 Å². The number of aliphatic hydroxyl groups excluding tert-OH is 2. The zero-order valence-corrected chi connectivity index (χ0v) is 28.5. The highest BCUT2D eigenvalue weighted by Crippen LogP contribution is 2.42. The molecule has 2 atom stereocenters. The van der Waals surface area contributed by atoms with Gasteiger partial charge < -0.3 is 35.7 Å². The van der Waals surface area contributed by atoms with Gasteiger partial charge in [0.2, 0.25) is 5.91 Å². The summed E-state index contributed by atoms with van der Waals surface area (Å²) in [4.78, 5) is 33.6. The molecular weight excluding hydrogens is 622 g/mol. The first kappa shape index (κ1) is 37.1. The van der Waals surface area contributed by atoms with Crippen molar-refractivity contribution in [1.29, 1.82) is 0 Å². The Bertz CT molecular complexity index is 1650. The Labute approximate surface area is 287 Å². The number of carbonyl (C=O) groups excluding carboxylic acids is 1. The standard InChI is InChI=1S/C33H41N5O3.C5H8O3/c1-22(17-26-18-37-33-25(9-5-10-29(26)33)13-14-27-19-34-15-16-35-27)36-20-28(40)21-41-31-12-6-11-30(38-23(2)39)32(31)24-7-3-4-8-24;1-4(6)2-3-5(7)8/h5-6,9-12,15-16,18-19,22,24,28,36-37,40H,3-4,7-8,13-14,17,20-21H2,1-2H3,(H,38,39);6H,1-3H2,(H,7,8). The van der Waals surface area contributed by atoms with Crippen LogP contribution in [-0.2, 0) is 28.9 Å². The number of allylic oxidation sites excluding steroid dienone is 1. The van der Waals surface area contributed by atoms with Gasteiger partial charge >= 0.3 is 5.97 Å². The van der Waals surface area contributed by atoms with E-state index in [9.17, 15) is 14.7 Å². The Hall–Kier alpha value is -4.74. The second kappa shape index (κ2) is 18.7. The molecule has 262 valence electrons. The maximum absolute atomic E-state index is 11.8. The van der Waals surface area contributed by atoms with Gasteiger partial charge in [0.15, 0.2) is 0 Å². The minimum Gasteiger partial charge on any atom is -0.513 e. The van der Waals surface area contributed by atoms with Gasteiger partial charge in [-0.2, -0.15) is 0 Å². The molecule has 1 aliphatic carbocycles. The van der Waals surface area contributed by atoms with E-state index in [1.54, 1.807) is 12.4 Å². The number of amides is 1. The molecule has 49 heavy (non-hydrogen) atoms. The lowest BCUT2D eigenvalue weighted by atomic mass is 9.94. The van der Waals surface area contributed by atoms with Crippen LogP contribution in [0, 0.1) is 0 Å². The van der Waals surface area contributed by atoms with Crippen LogP contribution in [0.15, 0.2) is 73.5 Å². The number of carbonyl (C=O) groups is 2. The Morgan fingerprint density at radius 1 is 1.06 bits per heavy atom. The van der Waals surface area contributed by atoms with Crippen molar-refractivity contribution in [2.45, 2.75) is 89.7 Å². The fraction of sp³-hybridized carbons (Fsp3) is 0.421. The number of nitrogens with zero attached hydrogens (tertiary/aromatic N) is 2. The van der Waals surface area contributed by atoms with Gasteiger partial charge in [0.05, 0.1) is 17.9 Å². The number of ether oxygens (including phenoxy) is 1. The van der Waals surface area contributed by atoms with Crippen molar-refractivity contribution in [1.82, 2.24) is 20.3 Å². The molecule has 0 saturated heterocycles. The van der Waals surface area contributed by atoms with Crippen molar-refractivity contribution < 1.29 is 29.6 Å². The summed E-state index contributed by atoms with van der Waals surface area (Å²) in [6, 6.07) is 12.4. The maximum atomic E-state index is 11.8. The summed E-state index contributed by atoms with van der Waals surface area (Å²) in [7, 11) is 0. The van der Waals surface area contributed by atoms with Gasteiger partial charge in [0.25, 0.3) is 0 Å². The number of anilines is 1. The zero-order chi connectivity index (χ0) is 35.2. The number of aryl methyl sites for hydroxylation is 2. The molecule has 1 fully saturated rings. The fourth-order valence-corrected chi connectivity index (χ4v) is 6.21. The number of hydrogen-bond donors (Lipinski definition) is 6. The summed E-state index contributed by atoms with van der Waals surface area (Å²) >= 11 is 0. The van der Waals surface area contributed by atoms with Crippen molar-refractivity contribution in [3.63, 3.8) is 0 Å². The first-order valence-electron chi connectivity index (χ1n) is 17.0. The number of nitrogens with one attached hydrogen (secondary N) is 3. The minimum atomic E-state index is -0.916. The molecule has 11 heteroatoms. The van der Waals surface area contributed by atoms with E-state index in [1.165, 1.54) is 41.8 Å². The second-order valence-electron chi connectivity index (χ2n) is 12.7. The molecule has 4 aromatic rings. The predicted molar refractivity (Wildman–Crippen MR) is 191 cm³/mol. The van der Waals surface area contributed by atoms with Gasteiger partial charge in [0, 0.05) is 72.9 Å². The highest BCUT2D eigenvalue weighted by molar-refractivity contribution is 5.90. The maximum Gasteiger partial charge on any atom is 0.303 e. The lowest BCUT2D eigenvalue weighted by Gasteiger charge is -2.22. The molecule has 1 saturated carbocycles. The van der Waals surface area contributed by atoms with E-state index in [-0.39, 0.29) is 37.2 Å². The zero-order valence-electron chi connectivity index (χ0n) is 28.5. The van der Waals surface area contributed by atoms with Crippen LogP contribution in [0.5, 0.6) is 5.75 Å². The normalized spacial score (nSPS) is 14.1. The number of hydrogen-bond acceptors (Lipinski definition) is 8. The van der Waals surface area contributed by atoms with Crippen molar-refractivity contribution in [2.75, 3.05) is 18.5 Å². The first-order valence-corrected chi connectivity index (χ1v) is 17.0. The van der Waals surface area contributed by atoms with Crippen LogP contribution in [0.3, 0.4) is 0 Å². The summed E-state index contributed by atoms with van der Waals surface area (Å²) in [6.45, 7) is 7.40. The number of aliphatic carboxylic acids is 1. The van der Waals surface area contributed by atoms with Crippen molar-refractivity contribution in [2.24, 2.45) is 0 Å². The summed E-state index contributed by atoms with van der Waals surface area (Å²) in [5, 5.41) is 34.8. The van der Waals surface area contributed by atoms with E-state index in [0.717, 1.165) is 54.8 Å². The van der Waals surface area contributed by atoms with E-state index in [4.69, 9.17) is 14.9 Å². The SMILES string of the molecule is C=C(O)CCC(=O)O.CC(=O)Nc1cccc(OCC(O)CNC(C)Cc2c[nH]c3c(CCc4cnccn4)cccc23)c1C1CCCC1. The molecule has 2 aromatic heterocycles. The highest BCUT2D eigenvalue weighted by Gasteiger charge is 2.25. The summed E-state index contributed by atoms with van der Waals surface area (Å²) < 4.78 is 6.14. The van der Waals surface area contributed by atoms with Crippen LogP contribution >= 0.6 is 0 Å². The molecule has 11 nitrogen and oxygen atoms in total. The van der Waals surface area contributed by atoms with Gasteiger partial charge in [0.1, 0.15) is 18.5 Å². The number of aromatic nitrogens is 3. The van der Waals surface area contributed by atoms with Crippen LogP contribution in [0.25, 0.3) is 10.9 Å². The molecule has 2 aromatic carbocycles. The van der Waals surface area contributed by atoms with Crippen LogP contribution in [0.2, 0.25) is 0 Å². The summed E-state index contributed by atoms with van der Waals surface area (Å²) in [5.41, 5.74) is 6.57. The van der Waals surface area contributed by atoms with Crippen molar-refractivity contribution >= 4 is 28.5 Å². The molecule has 1 amide bonds. The molecule has 0 aliphatic heterocycles. The first-order chi connectivity index (χ1) is 23.6. The molecule has 2 unspecified atom stereocenters. The molecule has 0 bridgehead atoms. The largest absolute Gasteiger partial charge is 0.513 e. The number of para-hydroxylation sites is 1. The molecule has 1 aliphatic rings. The van der Waals surface area contributed by atoms with Crippen molar-refractivity contribution in [3.8, 4) is 5.75 Å². The van der Waals surface area contributed by atoms with E-state index in [2.05, 4.69) is 63.5 Å². The minimum absolute atomic E-state index is 0.0463. The van der Waals surface area contributed by atoms with Gasteiger partial charge in [-0.05, 0) is 68.2 Å². The lowest BCUT2D eigenvalue weighted by Crippen LogP contribution is -2.37. The van der Waals surface area contributed by atoms with Crippen LogP contribution in [0.4, 0.5) is 5.69 Å². The monoisotopic (exact) mass is 671 g/mol. The van der Waals surface area contributed by atoms with Crippen LogP contribution in [0.1, 0.15) is 80.7 Å². The van der Waals surface area contributed by atoms with E-state index < -0.39 is 12.1 Å². The topological polar surface area (TPSA) is 170 Å². The smallest absolute Gasteiger partial charge is 0.303 e. The van der Waals surface area contributed by atoms with Crippen LogP contribution in [-0.4, -0.2) is 67.4 Å². The fourth-order valence-electron chi connectivity index (χ4n) is 6.21. The highest BCUT2D eigenvalue weighted by atomic mass is 16.5. The number of H-pyrrole nitrogens is 1. The number of carboxylic acids is 1. The Kier molecular flexibility index (Phi) is 14.2. The van der Waals surface area contributed by atoms with Gasteiger partial charge in [-0.3, -0.25) is 19.6 Å². The number of aliphatic hydroxyl groups is 2. The van der Waals surface area contributed by atoms with E-state index >= 15 is 0 Å². The number of carboxylic acid groups (broad SMARTS) is 1.